The SMILES string of the molecule is Cn1ccc(Nc2nc(N3CCC(F)(F)C(CC(=O)c4ccc(C5CC5)cc4)C3)cnc2C(N)=O)c1. The molecule has 3 aromatic rings. The van der Waals surface area contributed by atoms with Gasteiger partial charge in [0.05, 0.1) is 11.9 Å². The van der Waals surface area contributed by atoms with E-state index in [-0.39, 0.29) is 36.8 Å². The Balaban J connectivity index is 1.34. The van der Waals surface area contributed by atoms with Crippen LogP contribution in [0.15, 0.2) is 48.9 Å². The zero-order valence-corrected chi connectivity index (χ0v) is 20.0. The molecule has 0 spiro atoms. The number of primary amides is 1. The summed E-state index contributed by atoms with van der Waals surface area (Å²) in [5.74, 6) is -4.17. The Morgan fingerprint density at radius 2 is 1.94 bits per heavy atom. The summed E-state index contributed by atoms with van der Waals surface area (Å²) in [5.41, 5.74) is 7.73. The molecule has 1 unspecified atom stereocenters. The highest BCUT2D eigenvalue weighted by Gasteiger charge is 2.45. The van der Waals surface area contributed by atoms with Crippen LogP contribution in [0.25, 0.3) is 0 Å². The van der Waals surface area contributed by atoms with E-state index < -0.39 is 24.2 Å². The van der Waals surface area contributed by atoms with Gasteiger partial charge < -0.3 is 20.5 Å². The number of benzene rings is 1. The number of hydrogen-bond acceptors (Lipinski definition) is 6. The second kappa shape index (κ2) is 9.33. The molecule has 188 valence electrons. The predicted molar refractivity (Wildman–Crippen MR) is 132 cm³/mol. The van der Waals surface area contributed by atoms with Crippen molar-refractivity contribution in [3.8, 4) is 0 Å². The Labute approximate surface area is 207 Å². The number of aryl methyl sites for hydroxylation is 1. The third kappa shape index (κ3) is 5.07. The fraction of sp³-hybridized carbons (Fsp3) is 0.385. The van der Waals surface area contributed by atoms with Crippen molar-refractivity contribution >= 4 is 29.0 Å². The van der Waals surface area contributed by atoms with Crippen molar-refractivity contribution in [3.63, 3.8) is 0 Å². The molecule has 3 heterocycles. The number of nitrogens with one attached hydrogen (secondary N) is 1. The highest BCUT2D eigenvalue weighted by atomic mass is 19.3. The molecule has 2 aromatic heterocycles. The van der Waals surface area contributed by atoms with Crippen LogP contribution < -0.4 is 16.0 Å². The van der Waals surface area contributed by atoms with E-state index in [4.69, 9.17) is 5.73 Å². The number of Topliss-reactive ketones (excluding diaryl/α,β-unsaturated/α-hetero) is 1. The minimum absolute atomic E-state index is 0.0448. The highest BCUT2D eigenvalue weighted by molar-refractivity contribution is 5.97. The van der Waals surface area contributed by atoms with Gasteiger partial charge in [0.2, 0.25) is 0 Å². The van der Waals surface area contributed by atoms with Crippen molar-refractivity contribution in [1.82, 2.24) is 14.5 Å². The predicted octanol–water partition coefficient (Wildman–Crippen LogP) is 4.27. The van der Waals surface area contributed by atoms with Crippen LogP contribution in [-0.4, -0.2) is 45.2 Å². The smallest absolute Gasteiger partial charge is 0.271 e. The van der Waals surface area contributed by atoms with Gasteiger partial charge in [-0.2, -0.15) is 0 Å². The Hall–Kier alpha value is -3.82. The van der Waals surface area contributed by atoms with Gasteiger partial charge in [-0.3, -0.25) is 9.59 Å². The molecule has 1 saturated heterocycles. The van der Waals surface area contributed by atoms with Crippen LogP contribution in [0, 0.1) is 5.92 Å². The molecule has 0 bridgehead atoms. The largest absolute Gasteiger partial charge is 0.364 e. The molecule has 3 N–H and O–H groups in total. The maximum atomic E-state index is 14.9. The van der Waals surface area contributed by atoms with E-state index in [0.717, 1.165) is 12.8 Å². The number of halogens is 2. The summed E-state index contributed by atoms with van der Waals surface area (Å²) in [4.78, 5) is 35.1. The molecule has 10 heteroatoms. The van der Waals surface area contributed by atoms with Crippen LogP contribution in [0.4, 0.5) is 26.1 Å². The van der Waals surface area contributed by atoms with Gasteiger partial charge in [-0.1, -0.05) is 24.3 Å². The fourth-order valence-electron chi connectivity index (χ4n) is 4.61. The van der Waals surface area contributed by atoms with Crippen molar-refractivity contribution in [2.75, 3.05) is 23.3 Å². The van der Waals surface area contributed by atoms with E-state index in [1.165, 1.54) is 11.8 Å². The number of nitrogens with zero attached hydrogens (tertiary/aromatic N) is 4. The van der Waals surface area contributed by atoms with Crippen molar-refractivity contribution < 1.29 is 18.4 Å². The number of ketones is 1. The molecule has 1 aromatic carbocycles. The number of nitrogens with two attached hydrogens (primary N) is 1. The van der Waals surface area contributed by atoms with Crippen LogP contribution >= 0.6 is 0 Å². The first-order chi connectivity index (χ1) is 17.2. The number of rotatable bonds is 8. The van der Waals surface area contributed by atoms with Gasteiger partial charge in [0.15, 0.2) is 17.3 Å². The average Bonchev–Trinajstić information content (AvgIpc) is 3.62. The fourth-order valence-corrected chi connectivity index (χ4v) is 4.61. The second-order valence-corrected chi connectivity index (χ2v) is 9.66. The van der Waals surface area contributed by atoms with E-state index in [1.807, 2.05) is 29.9 Å². The van der Waals surface area contributed by atoms with E-state index in [9.17, 15) is 18.4 Å². The second-order valence-electron chi connectivity index (χ2n) is 9.66. The first-order valence-corrected chi connectivity index (χ1v) is 12.0. The lowest BCUT2D eigenvalue weighted by molar-refractivity contribution is -0.0719. The molecule has 1 aliphatic heterocycles. The number of carbonyl (C=O) groups is 2. The quantitative estimate of drug-likeness (QED) is 0.453. The molecule has 1 aliphatic carbocycles. The summed E-state index contributed by atoms with van der Waals surface area (Å²) in [6.07, 6.45) is 6.60. The van der Waals surface area contributed by atoms with Gasteiger partial charge in [-0.25, -0.2) is 18.7 Å². The minimum atomic E-state index is -2.98. The summed E-state index contributed by atoms with van der Waals surface area (Å²) in [6.45, 7) is -0.0164. The summed E-state index contributed by atoms with van der Waals surface area (Å²) < 4.78 is 31.5. The van der Waals surface area contributed by atoms with Gasteiger partial charge in [0.25, 0.3) is 11.8 Å². The molecule has 1 saturated carbocycles. The van der Waals surface area contributed by atoms with E-state index in [0.29, 0.717) is 23.0 Å². The molecular formula is C26H28F2N6O2. The number of anilines is 3. The first-order valence-electron chi connectivity index (χ1n) is 12.0. The number of hydrogen-bond donors (Lipinski definition) is 2. The van der Waals surface area contributed by atoms with E-state index >= 15 is 0 Å². The Kier molecular flexibility index (Phi) is 6.19. The summed E-state index contributed by atoms with van der Waals surface area (Å²) in [6, 6.07) is 9.12. The molecule has 8 nitrogen and oxygen atoms in total. The summed E-state index contributed by atoms with van der Waals surface area (Å²) in [5, 5.41) is 3.03. The molecule has 2 aliphatic rings. The van der Waals surface area contributed by atoms with Crippen LogP contribution in [0.3, 0.4) is 0 Å². The molecule has 1 amide bonds. The molecule has 0 radical (unpaired) electrons. The summed E-state index contributed by atoms with van der Waals surface area (Å²) in [7, 11) is 1.85. The summed E-state index contributed by atoms with van der Waals surface area (Å²) >= 11 is 0. The number of aromatic nitrogens is 3. The van der Waals surface area contributed by atoms with Crippen LogP contribution in [0.2, 0.25) is 0 Å². The maximum absolute atomic E-state index is 14.9. The molecular weight excluding hydrogens is 466 g/mol. The normalized spacial score (nSPS) is 19.2. The van der Waals surface area contributed by atoms with Gasteiger partial charge in [0.1, 0.15) is 5.82 Å². The Morgan fingerprint density at radius 1 is 1.19 bits per heavy atom. The maximum Gasteiger partial charge on any atom is 0.271 e. The van der Waals surface area contributed by atoms with Crippen molar-refractivity contribution in [2.24, 2.45) is 18.7 Å². The monoisotopic (exact) mass is 494 g/mol. The van der Waals surface area contributed by atoms with E-state index in [1.54, 1.807) is 29.3 Å². The zero-order valence-electron chi connectivity index (χ0n) is 20.0. The number of amides is 1. The first kappa shape index (κ1) is 23.9. The zero-order chi connectivity index (χ0) is 25.4. The van der Waals surface area contributed by atoms with Gasteiger partial charge in [0, 0.05) is 56.9 Å². The number of piperidine rings is 1. The Morgan fingerprint density at radius 3 is 2.58 bits per heavy atom. The molecule has 36 heavy (non-hydrogen) atoms. The topological polar surface area (TPSA) is 106 Å². The molecule has 5 rings (SSSR count). The number of alkyl halides is 2. The average molecular weight is 495 g/mol. The minimum Gasteiger partial charge on any atom is -0.364 e. The lowest BCUT2D eigenvalue weighted by Gasteiger charge is -2.38. The molecule has 1 atom stereocenters. The van der Waals surface area contributed by atoms with Gasteiger partial charge >= 0.3 is 0 Å². The van der Waals surface area contributed by atoms with Crippen molar-refractivity contribution in [1.29, 1.82) is 0 Å². The third-order valence-corrected chi connectivity index (χ3v) is 6.88. The Bertz CT molecular complexity index is 1290. The third-order valence-electron chi connectivity index (χ3n) is 6.88. The van der Waals surface area contributed by atoms with Gasteiger partial charge in [-0.15, -0.1) is 0 Å². The van der Waals surface area contributed by atoms with Crippen LogP contribution in [-0.2, 0) is 7.05 Å². The molecule has 2 fully saturated rings. The van der Waals surface area contributed by atoms with E-state index in [2.05, 4.69) is 15.3 Å². The van der Waals surface area contributed by atoms with Crippen LogP contribution in [0.5, 0.6) is 0 Å². The lowest BCUT2D eigenvalue weighted by atomic mass is 9.87. The van der Waals surface area contributed by atoms with Crippen molar-refractivity contribution in [3.05, 3.63) is 65.7 Å². The number of carbonyl (C=O) groups excluding carboxylic acids is 2. The van der Waals surface area contributed by atoms with Gasteiger partial charge in [-0.05, 0) is 30.4 Å². The van der Waals surface area contributed by atoms with Crippen molar-refractivity contribution in [2.45, 2.75) is 37.5 Å². The van der Waals surface area contributed by atoms with Crippen LogP contribution in [0.1, 0.15) is 58.0 Å². The lowest BCUT2D eigenvalue weighted by Crippen LogP contribution is -2.48. The highest BCUT2D eigenvalue weighted by Crippen LogP contribution is 2.40. The standard InChI is InChI=1S/C26H28F2N6O2/c1-33-10-8-20(15-33)31-25-23(24(29)36)30-13-22(32-25)34-11-9-26(27,28)19(14-34)12-21(35)18-6-4-17(5-7-18)16-2-3-16/h4-8,10,13,15-16,19H,2-3,9,11-12,14H2,1H3,(H2,29,36)(H,31,32).